The average Bonchev–Trinajstić information content (AvgIpc) is 2.42. The van der Waals surface area contributed by atoms with Crippen molar-refractivity contribution in [3.63, 3.8) is 0 Å². The molecule has 1 aliphatic heterocycles. The summed E-state index contributed by atoms with van der Waals surface area (Å²) >= 11 is 3.81. The van der Waals surface area contributed by atoms with Crippen LogP contribution < -0.4 is 5.32 Å². The lowest BCUT2D eigenvalue weighted by atomic mass is 10.1. The van der Waals surface area contributed by atoms with Crippen LogP contribution in [0.5, 0.6) is 0 Å². The summed E-state index contributed by atoms with van der Waals surface area (Å²) in [4.78, 5) is 0. The molecule has 1 saturated heterocycles. The molecule has 1 fully saturated rings. The number of nitrogens with zero attached hydrogens (tertiary/aromatic N) is 1. The molecule has 0 amide bonds. The molecule has 19 heavy (non-hydrogen) atoms. The number of halogens is 2. The third-order valence-corrected chi connectivity index (χ3v) is 5.67. The highest BCUT2D eigenvalue weighted by atomic mass is 32.2. The summed E-state index contributed by atoms with van der Waals surface area (Å²) in [5, 5.41) is 12.2. The van der Waals surface area contributed by atoms with Crippen molar-refractivity contribution in [2.75, 3.05) is 23.8 Å². The van der Waals surface area contributed by atoms with Crippen LogP contribution in [0.3, 0.4) is 0 Å². The molecule has 1 N–H and O–H groups in total. The summed E-state index contributed by atoms with van der Waals surface area (Å²) in [6.07, 6.45) is 0. The minimum Gasteiger partial charge on any atom is -0.311 e. The van der Waals surface area contributed by atoms with Crippen LogP contribution in [0.1, 0.15) is 11.1 Å². The van der Waals surface area contributed by atoms with Crippen LogP contribution in [0.15, 0.2) is 12.1 Å². The zero-order valence-corrected chi connectivity index (χ0v) is 11.9. The highest BCUT2D eigenvalue weighted by Gasteiger charge is 2.15. The fourth-order valence-corrected chi connectivity index (χ4v) is 4.50. The molecule has 1 unspecified atom stereocenters. The van der Waals surface area contributed by atoms with Gasteiger partial charge in [-0.1, -0.05) is 0 Å². The fraction of sp³-hybridized carbons (Fsp3) is 0.462. The largest absolute Gasteiger partial charge is 0.311 e. The lowest BCUT2D eigenvalue weighted by Gasteiger charge is -2.21. The Morgan fingerprint density at radius 3 is 2.63 bits per heavy atom. The first kappa shape index (κ1) is 14.6. The minimum absolute atomic E-state index is 0.00691. The number of hydrogen-bond acceptors (Lipinski definition) is 4. The average molecular weight is 300 g/mol. The fourth-order valence-electron chi connectivity index (χ4n) is 1.85. The third kappa shape index (κ3) is 4.10. The smallest absolute Gasteiger partial charge is 0.131 e. The van der Waals surface area contributed by atoms with Gasteiger partial charge in [-0.2, -0.15) is 28.8 Å². The lowest BCUT2D eigenvalue weighted by Crippen LogP contribution is -2.29. The van der Waals surface area contributed by atoms with E-state index in [9.17, 15) is 8.78 Å². The summed E-state index contributed by atoms with van der Waals surface area (Å²) in [5.41, 5.74) is 0.0189. The van der Waals surface area contributed by atoms with Crippen molar-refractivity contribution in [2.24, 2.45) is 0 Å². The number of hydrogen-bond donors (Lipinski definition) is 1. The molecule has 102 valence electrons. The van der Waals surface area contributed by atoms with Gasteiger partial charge < -0.3 is 5.32 Å². The van der Waals surface area contributed by atoms with E-state index in [0.29, 0.717) is 5.25 Å². The Kier molecular flexibility index (Phi) is 5.49. The van der Waals surface area contributed by atoms with E-state index in [1.54, 1.807) is 6.07 Å². The number of rotatable bonds is 4. The maximum atomic E-state index is 13.6. The van der Waals surface area contributed by atoms with Gasteiger partial charge in [0.25, 0.3) is 0 Å². The van der Waals surface area contributed by atoms with Crippen LogP contribution in [-0.4, -0.2) is 29.1 Å². The highest BCUT2D eigenvalue weighted by molar-refractivity contribution is 8.06. The normalized spacial score (nSPS) is 19.1. The maximum Gasteiger partial charge on any atom is 0.131 e. The molecule has 0 aromatic heterocycles. The first-order valence-electron chi connectivity index (χ1n) is 5.99. The Balaban J connectivity index is 1.90. The van der Waals surface area contributed by atoms with Crippen molar-refractivity contribution in [1.82, 2.24) is 5.32 Å². The highest BCUT2D eigenvalue weighted by Crippen LogP contribution is 2.23. The van der Waals surface area contributed by atoms with Gasteiger partial charge in [0, 0.05) is 41.2 Å². The summed E-state index contributed by atoms with van der Waals surface area (Å²) in [6, 6.07) is 3.89. The van der Waals surface area contributed by atoms with E-state index in [1.165, 1.54) is 5.75 Å². The number of nitrogens with one attached hydrogen (secondary N) is 1. The van der Waals surface area contributed by atoms with E-state index in [0.717, 1.165) is 30.2 Å². The Hall–Kier alpha value is -0.770. The standard InChI is InChI=1S/C13H14F2N2S2/c14-12-3-9(5-16)4-13(15)11(12)7-17-6-10-8-18-1-2-19-10/h3-4,10,17H,1-2,6-8H2. The van der Waals surface area contributed by atoms with E-state index in [2.05, 4.69) is 5.32 Å². The van der Waals surface area contributed by atoms with E-state index >= 15 is 0 Å². The van der Waals surface area contributed by atoms with Crippen molar-refractivity contribution in [3.8, 4) is 6.07 Å². The lowest BCUT2D eigenvalue weighted by molar-refractivity contribution is 0.535. The Morgan fingerprint density at radius 2 is 2.05 bits per heavy atom. The molecule has 2 nitrogen and oxygen atoms in total. The molecule has 0 saturated carbocycles. The van der Waals surface area contributed by atoms with Crippen molar-refractivity contribution in [3.05, 3.63) is 34.9 Å². The van der Waals surface area contributed by atoms with Crippen LogP contribution in [0.2, 0.25) is 0 Å². The molecular formula is C13H14F2N2S2. The van der Waals surface area contributed by atoms with Crippen LogP contribution in [0, 0.1) is 23.0 Å². The van der Waals surface area contributed by atoms with Crippen LogP contribution >= 0.6 is 23.5 Å². The van der Waals surface area contributed by atoms with Gasteiger partial charge in [-0.3, -0.25) is 0 Å². The third-order valence-electron chi connectivity index (χ3n) is 2.83. The molecule has 0 aliphatic carbocycles. The first-order chi connectivity index (χ1) is 9.20. The van der Waals surface area contributed by atoms with Gasteiger partial charge in [-0.25, -0.2) is 8.78 Å². The summed E-state index contributed by atoms with van der Waals surface area (Å²) < 4.78 is 27.2. The Morgan fingerprint density at radius 1 is 1.32 bits per heavy atom. The molecule has 1 aliphatic rings. The minimum atomic E-state index is -0.658. The van der Waals surface area contributed by atoms with E-state index in [1.807, 2.05) is 23.5 Å². The predicted molar refractivity (Wildman–Crippen MR) is 76.4 cm³/mol. The summed E-state index contributed by atoms with van der Waals surface area (Å²) in [5.74, 6) is 2.08. The van der Waals surface area contributed by atoms with E-state index in [4.69, 9.17) is 5.26 Å². The summed E-state index contributed by atoms with van der Waals surface area (Å²) in [6.45, 7) is 0.904. The number of benzene rings is 1. The molecule has 2 rings (SSSR count). The topological polar surface area (TPSA) is 35.8 Å². The van der Waals surface area contributed by atoms with Gasteiger partial charge in [-0.15, -0.1) is 0 Å². The monoisotopic (exact) mass is 300 g/mol. The van der Waals surface area contributed by atoms with Gasteiger partial charge >= 0.3 is 0 Å². The van der Waals surface area contributed by atoms with Crippen LogP contribution in [-0.2, 0) is 6.54 Å². The van der Waals surface area contributed by atoms with Gasteiger partial charge in [0.2, 0.25) is 0 Å². The van der Waals surface area contributed by atoms with E-state index < -0.39 is 11.6 Å². The second-order valence-corrected chi connectivity index (χ2v) is 6.79. The van der Waals surface area contributed by atoms with Gasteiger partial charge in [0.1, 0.15) is 11.6 Å². The quantitative estimate of drug-likeness (QED) is 0.927. The predicted octanol–water partition coefficient (Wildman–Crippen LogP) is 2.77. The second-order valence-electron chi connectivity index (χ2n) is 4.23. The SMILES string of the molecule is N#Cc1cc(F)c(CNCC2CSCCS2)c(F)c1. The molecule has 1 atom stereocenters. The molecule has 0 bridgehead atoms. The number of thioether (sulfide) groups is 2. The Bertz CT molecular complexity index is 459. The van der Waals surface area contributed by atoms with Crippen molar-refractivity contribution < 1.29 is 8.78 Å². The second kappa shape index (κ2) is 7.13. The Labute approximate surface area is 119 Å². The van der Waals surface area contributed by atoms with Crippen molar-refractivity contribution in [1.29, 1.82) is 5.26 Å². The zero-order valence-electron chi connectivity index (χ0n) is 10.3. The molecular weight excluding hydrogens is 286 g/mol. The van der Waals surface area contributed by atoms with Gasteiger partial charge in [-0.05, 0) is 12.1 Å². The van der Waals surface area contributed by atoms with E-state index in [-0.39, 0.29) is 17.7 Å². The molecule has 1 aromatic carbocycles. The van der Waals surface area contributed by atoms with Crippen molar-refractivity contribution >= 4 is 23.5 Å². The molecule has 0 spiro atoms. The first-order valence-corrected chi connectivity index (χ1v) is 8.19. The molecule has 1 aromatic rings. The molecule has 1 heterocycles. The molecule has 6 heteroatoms. The van der Waals surface area contributed by atoms with Crippen molar-refractivity contribution in [2.45, 2.75) is 11.8 Å². The zero-order chi connectivity index (χ0) is 13.7. The maximum absolute atomic E-state index is 13.6. The summed E-state index contributed by atoms with van der Waals surface area (Å²) in [7, 11) is 0. The van der Waals surface area contributed by atoms with Gasteiger partial charge in [0.15, 0.2) is 0 Å². The number of nitriles is 1. The van der Waals surface area contributed by atoms with Crippen LogP contribution in [0.4, 0.5) is 8.78 Å². The molecule has 0 radical (unpaired) electrons. The van der Waals surface area contributed by atoms with Crippen LogP contribution in [0.25, 0.3) is 0 Å². The van der Waals surface area contributed by atoms with Gasteiger partial charge in [0.05, 0.1) is 11.6 Å².